The first kappa shape index (κ1) is 16.4. The Hall–Kier alpha value is -2.10. The van der Waals surface area contributed by atoms with Crippen LogP contribution in [0.4, 0.5) is 0 Å². The molecule has 4 rings (SSSR count). The second-order valence-electron chi connectivity index (χ2n) is 6.66. The number of benzene rings is 3. The lowest BCUT2D eigenvalue weighted by Gasteiger charge is -2.26. The number of nitrogens with zero attached hydrogens (tertiary/aromatic N) is 1. The first-order valence-corrected chi connectivity index (χ1v) is 9.25. The smallest absolute Gasteiger partial charge is 0.134 e. The lowest BCUT2D eigenvalue weighted by atomic mass is 10.0. The lowest BCUT2D eigenvalue weighted by Crippen LogP contribution is -2.36. The second-order valence-corrected chi connectivity index (χ2v) is 6.66. The molecule has 25 heavy (non-hydrogen) atoms. The van der Waals surface area contributed by atoms with Gasteiger partial charge in [0.05, 0.1) is 19.8 Å². The van der Waals surface area contributed by atoms with Crippen molar-refractivity contribution >= 4 is 21.5 Å². The molecule has 0 saturated carbocycles. The van der Waals surface area contributed by atoms with Crippen LogP contribution in [0.25, 0.3) is 21.5 Å². The van der Waals surface area contributed by atoms with Crippen molar-refractivity contribution in [2.75, 3.05) is 39.5 Å². The summed E-state index contributed by atoms with van der Waals surface area (Å²) in [5, 5.41) is 4.89. The monoisotopic (exact) mass is 335 g/mol. The summed E-state index contributed by atoms with van der Waals surface area (Å²) >= 11 is 0. The number of hydrogen-bond acceptors (Lipinski definition) is 3. The van der Waals surface area contributed by atoms with E-state index in [2.05, 4.69) is 59.5 Å². The third-order valence-corrected chi connectivity index (χ3v) is 4.94. The van der Waals surface area contributed by atoms with Gasteiger partial charge in [0, 0.05) is 23.9 Å². The average Bonchev–Trinajstić information content (AvgIpc) is 2.68. The molecule has 0 bridgehead atoms. The summed E-state index contributed by atoms with van der Waals surface area (Å²) in [6, 6.07) is 19.2. The van der Waals surface area contributed by atoms with Gasteiger partial charge in [-0.2, -0.15) is 0 Å². The molecular formula is C22H25NO2. The molecule has 3 aromatic carbocycles. The summed E-state index contributed by atoms with van der Waals surface area (Å²) in [5.74, 6) is 1.03. The maximum absolute atomic E-state index is 6.28. The first-order chi connectivity index (χ1) is 12.4. The predicted octanol–water partition coefficient (Wildman–Crippen LogP) is 4.48. The topological polar surface area (TPSA) is 21.7 Å². The van der Waals surface area contributed by atoms with Crippen molar-refractivity contribution in [2.24, 2.45) is 0 Å². The second kappa shape index (κ2) is 7.85. The summed E-state index contributed by atoms with van der Waals surface area (Å²) in [6.07, 6.45) is 2.25. The van der Waals surface area contributed by atoms with E-state index in [-0.39, 0.29) is 0 Å². The van der Waals surface area contributed by atoms with Gasteiger partial charge in [0.15, 0.2) is 0 Å². The number of fused-ring (bicyclic) bond motifs is 2. The normalized spacial score (nSPS) is 15.7. The largest absolute Gasteiger partial charge is 0.492 e. The summed E-state index contributed by atoms with van der Waals surface area (Å²) in [6.45, 7) is 5.78. The highest BCUT2D eigenvalue weighted by atomic mass is 16.5. The molecule has 130 valence electrons. The molecule has 0 spiro atoms. The first-order valence-electron chi connectivity index (χ1n) is 9.25. The van der Waals surface area contributed by atoms with Gasteiger partial charge in [0.1, 0.15) is 5.75 Å². The highest BCUT2D eigenvalue weighted by Gasteiger charge is 2.10. The number of hydrogen-bond donors (Lipinski definition) is 0. The maximum Gasteiger partial charge on any atom is 0.134 e. The van der Waals surface area contributed by atoms with Crippen LogP contribution in [0, 0.1) is 0 Å². The highest BCUT2D eigenvalue weighted by molar-refractivity contribution is 6.05. The molecule has 0 aromatic heterocycles. The molecule has 0 unspecified atom stereocenters. The van der Waals surface area contributed by atoms with Crippen LogP contribution < -0.4 is 4.74 Å². The fourth-order valence-corrected chi connectivity index (χ4v) is 3.56. The standard InChI is InChI=1S/C22H25NO2/c1-3-9-20-18(7-1)17-19-8-2-4-10-21(19)22(20)25-14-6-5-11-23-12-15-24-16-13-23/h1-4,7-10,17H,5-6,11-16H2. The zero-order valence-electron chi connectivity index (χ0n) is 14.6. The Morgan fingerprint density at radius 3 is 2.16 bits per heavy atom. The minimum absolute atomic E-state index is 0.766. The van der Waals surface area contributed by atoms with Crippen molar-refractivity contribution < 1.29 is 9.47 Å². The SMILES string of the molecule is c1ccc2c(OCCCCN3CCOCC3)c3ccccc3cc2c1. The molecule has 3 aromatic rings. The fourth-order valence-electron chi connectivity index (χ4n) is 3.56. The molecule has 3 nitrogen and oxygen atoms in total. The molecule has 0 radical (unpaired) electrons. The minimum Gasteiger partial charge on any atom is -0.492 e. The molecule has 3 heteroatoms. The van der Waals surface area contributed by atoms with Crippen LogP contribution in [0.2, 0.25) is 0 Å². The third kappa shape index (κ3) is 3.78. The summed E-state index contributed by atoms with van der Waals surface area (Å²) in [4.78, 5) is 2.48. The molecule has 1 heterocycles. The lowest BCUT2D eigenvalue weighted by molar-refractivity contribution is 0.0368. The van der Waals surface area contributed by atoms with E-state index in [4.69, 9.17) is 9.47 Å². The zero-order chi connectivity index (χ0) is 16.9. The van der Waals surface area contributed by atoms with E-state index in [0.717, 1.165) is 51.6 Å². The van der Waals surface area contributed by atoms with Crippen LogP contribution in [-0.4, -0.2) is 44.4 Å². The third-order valence-electron chi connectivity index (χ3n) is 4.94. The summed E-state index contributed by atoms with van der Waals surface area (Å²) in [5.41, 5.74) is 0. The molecule has 0 amide bonds. The molecule has 1 saturated heterocycles. The van der Waals surface area contributed by atoms with Crippen molar-refractivity contribution in [1.82, 2.24) is 4.90 Å². The average molecular weight is 335 g/mol. The number of unbranched alkanes of at least 4 members (excludes halogenated alkanes) is 1. The van der Waals surface area contributed by atoms with Crippen LogP contribution in [0.5, 0.6) is 5.75 Å². The Bertz CT molecular complexity index is 786. The van der Waals surface area contributed by atoms with E-state index < -0.39 is 0 Å². The van der Waals surface area contributed by atoms with Crippen molar-refractivity contribution in [3.63, 3.8) is 0 Å². The van der Waals surface area contributed by atoms with E-state index in [0.29, 0.717) is 0 Å². The van der Waals surface area contributed by atoms with Crippen molar-refractivity contribution in [3.8, 4) is 5.75 Å². The number of ether oxygens (including phenoxy) is 2. The summed E-state index contributed by atoms with van der Waals surface area (Å²) in [7, 11) is 0. The quantitative estimate of drug-likeness (QED) is 0.489. The van der Waals surface area contributed by atoms with Gasteiger partial charge in [-0.3, -0.25) is 4.90 Å². The maximum atomic E-state index is 6.28. The number of morpholine rings is 1. The van der Waals surface area contributed by atoms with Crippen LogP contribution in [0.3, 0.4) is 0 Å². The van der Waals surface area contributed by atoms with E-state index in [1.807, 2.05) is 0 Å². The predicted molar refractivity (Wildman–Crippen MR) is 103 cm³/mol. The van der Waals surface area contributed by atoms with Gasteiger partial charge in [0.2, 0.25) is 0 Å². The highest BCUT2D eigenvalue weighted by Crippen LogP contribution is 2.34. The van der Waals surface area contributed by atoms with Gasteiger partial charge in [-0.15, -0.1) is 0 Å². The Kier molecular flexibility index (Phi) is 5.14. The molecule has 0 atom stereocenters. The molecule has 1 fully saturated rings. The molecule has 0 N–H and O–H groups in total. The van der Waals surface area contributed by atoms with Crippen LogP contribution in [-0.2, 0) is 4.74 Å². The van der Waals surface area contributed by atoms with Gasteiger partial charge in [-0.25, -0.2) is 0 Å². The molecule has 1 aliphatic heterocycles. The Morgan fingerprint density at radius 1 is 0.840 bits per heavy atom. The van der Waals surface area contributed by atoms with E-state index in [1.54, 1.807) is 0 Å². The van der Waals surface area contributed by atoms with Gasteiger partial charge in [0.25, 0.3) is 0 Å². The molecule has 0 aliphatic carbocycles. The van der Waals surface area contributed by atoms with Crippen LogP contribution in [0.15, 0.2) is 54.6 Å². The Balaban J connectivity index is 1.44. The van der Waals surface area contributed by atoms with E-state index in [1.165, 1.54) is 28.0 Å². The Labute approximate surface area is 149 Å². The van der Waals surface area contributed by atoms with Gasteiger partial charge in [-0.05, 0) is 36.2 Å². The van der Waals surface area contributed by atoms with E-state index >= 15 is 0 Å². The van der Waals surface area contributed by atoms with E-state index in [9.17, 15) is 0 Å². The molecular weight excluding hydrogens is 310 g/mol. The van der Waals surface area contributed by atoms with Gasteiger partial charge >= 0.3 is 0 Å². The minimum atomic E-state index is 0.766. The van der Waals surface area contributed by atoms with Crippen LogP contribution >= 0.6 is 0 Å². The van der Waals surface area contributed by atoms with Gasteiger partial charge < -0.3 is 9.47 Å². The Morgan fingerprint density at radius 2 is 1.48 bits per heavy atom. The zero-order valence-corrected chi connectivity index (χ0v) is 14.6. The van der Waals surface area contributed by atoms with Crippen molar-refractivity contribution in [1.29, 1.82) is 0 Å². The van der Waals surface area contributed by atoms with Crippen molar-refractivity contribution in [3.05, 3.63) is 54.6 Å². The van der Waals surface area contributed by atoms with Crippen molar-refractivity contribution in [2.45, 2.75) is 12.8 Å². The molecule has 1 aliphatic rings. The fraction of sp³-hybridized carbons (Fsp3) is 0.364. The number of rotatable bonds is 6. The summed E-state index contributed by atoms with van der Waals surface area (Å²) < 4.78 is 11.7. The van der Waals surface area contributed by atoms with Crippen LogP contribution in [0.1, 0.15) is 12.8 Å². The van der Waals surface area contributed by atoms with Gasteiger partial charge in [-0.1, -0.05) is 48.5 Å².